The molecule has 0 fully saturated rings. The molecule has 0 heterocycles. The van der Waals surface area contributed by atoms with Gasteiger partial charge in [0.25, 0.3) is 5.91 Å². The van der Waals surface area contributed by atoms with Gasteiger partial charge in [-0.25, -0.2) is 0 Å². The second-order valence-corrected chi connectivity index (χ2v) is 4.20. The van der Waals surface area contributed by atoms with Crippen molar-refractivity contribution in [2.24, 2.45) is 11.6 Å². The van der Waals surface area contributed by atoms with Crippen LogP contribution in [0.5, 0.6) is 0 Å². The number of rotatable bonds is 6. The molecule has 0 atom stereocenters. The summed E-state index contributed by atoms with van der Waals surface area (Å²) in [5, 5.41) is 2.40. The van der Waals surface area contributed by atoms with E-state index in [0.29, 0.717) is 6.42 Å². The SMILES string of the molecule is NNc1c(C(=O)NCCCC(N)=O)cccc1C(F)(F)F. The van der Waals surface area contributed by atoms with Crippen molar-refractivity contribution in [2.45, 2.75) is 19.0 Å². The molecule has 1 aromatic carbocycles. The first-order valence-corrected chi connectivity index (χ1v) is 6.00. The third-order valence-electron chi connectivity index (χ3n) is 2.64. The molecule has 0 aliphatic rings. The van der Waals surface area contributed by atoms with Crippen LogP contribution in [0.4, 0.5) is 18.9 Å². The Morgan fingerprint density at radius 2 is 1.90 bits per heavy atom. The number of hydrogen-bond donors (Lipinski definition) is 4. The minimum absolute atomic E-state index is 0.0743. The van der Waals surface area contributed by atoms with Crippen molar-refractivity contribution < 1.29 is 22.8 Å². The monoisotopic (exact) mass is 304 g/mol. The Balaban J connectivity index is 2.87. The maximum absolute atomic E-state index is 12.8. The lowest BCUT2D eigenvalue weighted by Gasteiger charge is -2.16. The maximum atomic E-state index is 12.8. The Morgan fingerprint density at radius 1 is 1.24 bits per heavy atom. The molecule has 0 saturated carbocycles. The highest BCUT2D eigenvalue weighted by Crippen LogP contribution is 2.36. The van der Waals surface area contributed by atoms with Crippen LogP contribution < -0.4 is 22.3 Å². The van der Waals surface area contributed by atoms with E-state index in [1.165, 1.54) is 6.07 Å². The number of primary amides is 1. The third-order valence-corrected chi connectivity index (χ3v) is 2.64. The quantitative estimate of drug-likeness (QED) is 0.357. The Labute approximate surface area is 118 Å². The molecule has 0 bridgehead atoms. The Bertz CT molecular complexity index is 532. The van der Waals surface area contributed by atoms with Gasteiger partial charge >= 0.3 is 6.18 Å². The molecular weight excluding hydrogens is 289 g/mol. The number of halogens is 3. The lowest BCUT2D eigenvalue weighted by molar-refractivity contribution is -0.137. The van der Waals surface area contributed by atoms with Crippen LogP contribution in [0.25, 0.3) is 0 Å². The van der Waals surface area contributed by atoms with E-state index in [9.17, 15) is 22.8 Å². The molecule has 0 aliphatic carbocycles. The summed E-state index contributed by atoms with van der Waals surface area (Å²) < 4.78 is 38.4. The summed E-state index contributed by atoms with van der Waals surface area (Å²) in [5.41, 5.74) is 5.07. The number of para-hydroxylation sites is 1. The van der Waals surface area contributed by atoms with E-state index < -0.39 is 29.2 Å². The van der Waals surface area contributed by atoms with Gasteiger partial charge in [0.15, 0.2) is 0 Å². The Kier molecular flexibility index (Phi) is 5.53. The van der Waals surface area contributed by atoms with E-state index in [1.54, 1.807) is 0 Å². The van der Waals surface area contributed by atoms with Gasteiger partial charge < -0.3 is 16.5 Å². The molecule has 6 nitrogen and oxygen atoms in total. The normalized spacial score (nSPS) is 11.0. The molecule has 1 rings (SSSR count). The maximum Gasteiger partial charge on any atom is 0.418 e. The minimum atomic E-state index is -4.63. The van der Waals surface area contributed by atoms with Crippen LogP contribution in [0.15, 0.2) is 18.2 Å². The number of carbonyl (C=O) groups excluding carboxylic acids is 2. The summed E-state index contributed by atoms with van der Waals surface area (Å²) in [7, 11) is 0. The highest BCUT2D eigenvalue weighted by atomic mass is 19.4. The lowest BCUT2D eigenvalue weighted by Crippen LogP contribution is -2.28. The number of hydrogen-bond acceptors (Lipinski definition) is 4. The average Bonchev–Trinajstić information content (AvgIpc) is 2.41. The fourth-order valence-corrected chi connectivity index (χ4v) is 1.69. The molecule has 0 aliphatic heterocycles. The van der Waals surface area contributed by atoms with Crippen LogP contribution in [0.3, 0.4) is 0 Å². The zero-order valence-corrected chi connectivity index (χ0v) is 11.0. The summed E-state index contributed by atoms with van der Waals surface area (Å²) in [5.74, 6) is 3.84. The zero-order valence-electron chi connectivity index (χ0n) is 11.0. The summed E-state index contributed by atoms with van der Waals surface area (Å²) in [4.78, 5) is 22.4. The van der Waals surface area contributed by atoms with Gasteiger partial charge in [0.05, 0.1) is 16.8 Å². The second-order valence-electron chi connectivity index (χ2n) is 4.20. The first kappa shape index (κ1) is 16.8. The van der Waals surface area contributed by atoms with Gasteiger partial charge in [-0.15, -0.1) is 0 Å². The summed E-state index contributed by atoms with van der Waals surface area (Å²) in [6.45, 7) is 0.113. The van der Waals surface area contributed by atoms with E-state index in [1.807, 2.05) is 5.43 Å². The topological polar surface area (TPSA) is 110 Å². The van der Waals surface area contributed by atoms with Gasteiger partial charge in [0, 0.05) is 13.0 Å². The van der Waals surface area contributed by atoms with Crippen molar-refractivity contribution >= 4 is 17.5 Å². The average molecular weight is 304 g/mol. The number of nitrogens with two attached hydrogens (primary N) is 2. The fourth-order valence-electron chi connectivity index (χ4n) is 1.69. The van der Waals surface area contributed by atoms with Crippen molar-refractivity contribution in [1.82, 2.24) is 5.32 Å². The fraction of sp³-hybridized carbons (Fsp3) is 0.333. The van der Waals surface area contributed by atoms with E-state index in [-0.39, 0.29) is 18.5 Å². The van der Waals surface area contributed by atoms with Crippen molar-refractivity contribution in [2.75, 3.05) is 12.0 Å². The number of hydrazine groups is 1. The minimum Gasteiger partial charge on any atom is -0.370 e. The van der Waals surface area contributed by atoms with E-state index in [2.05, 4.69) is 5.32 Å². The molecule has 6 N–H and O–H groups in total. The van der Waals surface area contributed by atoms with Crippen LogP contribution in [0.1, 0.15) is 28.8 Å². The largest absolute Gasteiger partial charge is 0.418 e. The Hall–Kier alpha value is -2.29. The first-order valence-electron chi connectivity index (χ1n) is 6.00. The zero-order chi connectivity index (χ0) is 16.0. The molecule has 0 aromatic heterocycles. The van der Waals surface area contributed by atoms with Gasteiger partial charge in [-0.2, -0.15) is 13.2 Å². The van der Waals surface area contributed by atoms with Gasteiger partial charge in [-0.05, 0) is 18.6 Å². The molecule has 0 saturated heterocycles. The highest BCUT2D eigenvalue weighted by Gasteiger charge is 2.35. The molecular formula is C12H15F3N4O2. The highest BCUT2D eigenvalue weighted by molar-refractivity contribution is 6.00. The van der Waals surface area contributed by atoms with E-state index >= 15 is 0 Å². The van der Waals surface area contributed by atoms with Crippen molar-refractivity contribution in [3.05, 3.63) is 29.3 Å². The summed E-state index contributed by atoms with van der Waals surface area (Å²) in [6, 6.07) is 3.15. The van der Waals surface area contributed by atoms with Gasteiger partial charge in [0.2, 0.25) is 5.91 Å². The predicted octanol–water partition coefficient (Wildman–Crippen LogP) is 0.986. The number of benzene rings is 1. The van der Waals surface area contributed by atoms with Crippen LogP contribution in [-0.4, -0.2) is 18.4 Å². The molecule has 0 unspecified atom stereocenters. The number of nitrogen functional groups attached to an aromatic ring is 1. The molecule has 1 aromatic rings. The summed E-state index contributed by atoms with van der Waals surface area (Å²) in [6.07, 6.45) is -4.26. The van der Waals surface area contributed by atoms with Crippen LogP contribution in [0.2, 0.25) is 0 Å². The molecule has 2 amide bonds. The molecule has 9 heteroatoms. The van der Waals surface area contributed by atoms with Crippen LogP contribution >= 0.6 is 0 Å². The first-order chi connectivity index (χ1) is 9.77. The number of nitrogens with one attached hydrogen (secondary N) is 2. The predicted molar refractivity (Wildman–Crippen MR) is 70.0 cm³/mol. The third kappa shape index (κ3) is 4.63. The van der Waals surface area contributed by atoms with E-state index in [4.69, 9.17) is 11.6 Å². The molecule has 0 radical (unpaired) electrons. The second kappa shape index (κ2) is 6.93. The number of carbonyl (C=O) groups is 2. The molecule has 0 spiro atoms. The van der Waals surface area contributed by atoms with Crippen molar-refractivity contribution in [3.63, 3.8) is 0 Å². The molecule has 21 heavy (non-hydrogen) atoms. The number of amides is 2. The molecule has 116 valence electrons. The van der Waals surface area contributed by atoms with Crippen LogP contribution in [-0.2, 0) is 11.0 Å². The Morgan fingerprint density at radius 3 is 2.43 bits per heavy atom. The van der Waals surface area contributed by atoms with Gasteiger partial charge in [-0.1, -0.05) is 6.07 Å². The standard InChI is InChI=1S/C12H15F3N4O2/c13-12(14,15)8-4-1-3-7(10(8)19-17)11(21)18-6-2-5-9(16)20/h1,3-4,19H,2,5-6,17H2,(H2,16,20)(H,18,21). The van der Waals surface area contributed by atoms with E-state index in [0.717, 1.165) is 12.1 Å². The lowest BCUT2D eigenvalue weighted by atomic mass is 10.1. The van der Waals surface area contributed by atoms with Crippen molar-refractivity contribution in [1.29, 1.82) is 0 Å². The smallest absolute Gasteiger partial charge is 0.370 e. The number of alkyl halides is 3. The van der Waals surface area contributed by atoms with Gasteiger partial charge in [-0.3, -0.25) is 15.4 Å². The van der Waals surface area contributed by atoms with Gasteiger partial charge in [0.1, 0.15) is 0 Å². The number of anilines is 1. The van der Waals surface area contributed by atoms with Crippen molar-refractivity contribution in [3.8, 4) is 0 Å². The van der Waals surface area contributed by atoms with Crippen LogP contribution in [0, 0.1) is 0 Å². The summed E-state index contributed by atoms with van der Waals surface area (Å²) >= 11 is 0.